The van der Waals surface area contributed by atoms with E-state index in [-0.39, 0.29) is 11.5 Å². The molecule has 1 unspecified atom stereocenters. The maximum absolute atomic E-state index is 11.4. The SMILES string of the molecule is CCS(=O)(=O)CCCC(C)(N)c1ccccc1Cl. The van der Waals surface area contributed by atoms with Crippen molar-refractivity contribution < 1.29 is 8.42 Å². The molecule has 1 aromatic rings. The van der Waals surface area contributed by atoms with Crippen LogP contribution < -0.4 is 5.73 Å². The molecule has 1 atom stereocenters. The van der Waals surface area contributed by atoms with Crippen LogP contribution in [0.2, 0.25) is 5.02 Å². The molecule has 2 N–H and O–H groups in total. The molecule has 0 aliphatic carbocycles. The van der Waals surface area contributed by atoms with Gasteiger partial charge in [-0.25, -0.2) is 8.42 Å². The molecule has 0 amide bonds. The third kappa shape index (κ3) is 4.26. The van der Waals surface area contributed by atoms with Crippen LogP contribution in [0.15, 0.2) is 24.3 Å². The minimum Gasteiger partial charge on any atom is -0.322 e. The lowest BCUT2D eigenvalue weighted by Gasteiger charge is -2.26. The Hall–Kier alpha value is -0.580. The molecule has 3 nitrogen and oxygen atoms in total. The van der Waals surface area contributed by atoms with Crippen molar-refractivity contribution in [1.29, 1.82) is 0 Å². The summed E-state index contributed by atoms with van der Waals surface area (Å²) >= 11 is 6.11. The number of halogens is 1. The third-order valence-electron chi connectivity index (χ3n) is 3.08. The number of nitrogens with two attached hydrogens (primary N) is 1. The second-order valence-electron chi connectivity index (χ2n) is 4.74. The lowest BCUT2D eigenvalue weighted by Crippen LogP contribution is -2.33. The number of benzene rings is 1. The Morgan fingerprint density at radius 2 is 1.94 bits per heavy atom. The van der Waals surface area contributed by atoms with Crippen molar-refractivity contribution in [1.82, 2.24) is 0 Å². The van der Waals surface area contributed by atoms with E-state index in [1.807, 2.05) is 25.1 Å². The van der Waals surface area contributed by atoms with Gasteiger partial charge in [0.15, 0.2) is 0 Å². The van der Waals surface area contributed by atoms with Gasteiger partial charge in [-0.2, -0.15) is 0 Å². The highest BCUT2D eigenvalue weighted by Crippen LogP contribution is 2.29. The normalized spacial score (nSPS) is 15.3. The van der Waals surface area contributed by atoms with Crippen LogP contribution in [0.25, 0.3) is 0 Å². The Kier molecular flexibility index (Phi) is 5.20. The first-order chi connectivity index (χ1) is 8.28. The number of hydrogen-bond acceptors (Lipinski definition) is 3. The Balaban J connectivity index is 2.69. The van der Waals surface area contributed by atoms with Crippen LogP contribution in [-0.2, 0) is 15.4 Å². The minimum atomic E-state index is -2.92. The standard InChI is InChI=1S/C13H20ClNO2S/c1-3-18(16,17)10-6-9-13(2,15)11-7-4-5-8-12(11)14/h4-5,7-8H,3,6,9-10,15H2,1-2H3. The lowest BCUT2D eigenvalue weighted by atomic mass is 9.89. The van der Waals surface area contributed by atoms with Crippen molar-refractivity contribution in [3.63, 3.8) is 0 Å². The zero-order chi connectivity index (χ0) is 13.8. The molecular weight excluding hydrogens is 270 g/mol. The molecule has 18 heavy (non-hydrogen) atoms. The zero-order valence-corrected chi connectivity index (χ0v) is 12.4. The quantitative estimate of drug-likeness (QED) is 0.876. The fourth-order valence-corrected chi connectivity index (χ4v) is 3.09. The second kappa shape index (κ2) is 6.04. The van der Waals surface area contributed by atoms with E-state index in [1.165, 1.54) is 0 Å². The summed E-state index contributed by atoms with van der Waals surface area (Å²) in [6, 6.07) is 7.42. The summed E-state index contributed by atoms with van der Waals surface area (Å²) in [5.41, 5.74) is 6.50. The summed E-state index contributed by atoms with van der Waals surface area (Å²) in [5, 5.41) is 0.626. The van der Waals surface area contributed by atoms with E-state index in [2.05, 4.69) is 0 Å². The molecule has 0 fully saturated rings. The molecule has 0 aliphatic heterocycles. The maximum Gasteiger partial charge on any atom is 0.150 e. The van der Waals surface area contributed by atoms with Gasteiger partial charge in [-0.15, -0.1) is 0 Å². The number of sulfone groups is 1. The molecule has 0 bridgehead atoms. The van der Waals surface area contributed by atoms with Crippen molar-refractivity contribution in [2.45, 2.75) is 32.2 Å². The molecular formula is C13H20ClNO2S. The lowest BCUT2D eigenvalue weighted by molar-refractivity contribution is 0.446. The van der Waals surface area contributed by atoms with Gasteiger partial charge in [0.1, 0.15) is 9.84 Å². The third-order valence-corrected chi connectivity index (χ3v) is 5.20. The average molecular weight is 290 g/mol. The Bertz CT molecular complexity index is 497. The van der Waals surface area contributed by atoms with Gasteiger partial charge in [-0.3, -0.25) is 0 Å². The number of rotatable bonds is 6. The molecule has 0 saturated carbocycles. The van der Waals surface area contributed by atoms with Crippen LogP contribution in [0.3, 0.4) is 0 Å². The molecule has 5 heteroatoms. The largest absolute Gasteiger partial charge is 0.322 e. The molecule has 0 aliphatic rings. The van der Waals surface area contributed by atoms with E-state index >= 15 is 0 Å². The van der Waals surface area contributed by atoms with Gasteiger partial charge in [0.2, 0.25) is 0 Å². The van der Waals surface area contributed by atoms with Crippen LogP contribution in [-0.4, -0.2) is 19.9 Å². The highest BCUT2D eigenvalue weighted by atomic mass is 35.5. The second-order valence-corrected chi connectivity index (χ2v) is 7.62. The molecule has 1 rings (SSSR count). The summed E-state index contributed by atoms with van der Waals surface area (Å²) in [5.74, 6) is 0.362. The van der Waals surface area contributed by atoms with Gasteiger partial charge >= 0.3 is 0 Å². The van der Waals surface area contributed by atoms with E-state index in [1.54, 1.807) is 13.0 Å². The van der Waals surface area contributed by atoms with Crippen molar-refractivity contribution in [2.24, 2.45) is 5.73 Å². The van der Waals surface area contributed by atoms with E-state index < -0.39 is 15.4 Å². The smallest absolute Gasteiger partial charge is 0.150 e. The first-order valence-corrected chi connectivity index (χ1v) is 8.23. The van der Waals surface area contributed by atoms with Crippen LogP contribution in [0, 0.1) is 0 Å². The fourth-order valence-electron chi connectivity index (χ4n) is 1.86. The van der Waals surface area contributed by atoms with Gasteiger partial charge in [-0.05, 0) is 31.4 Å². The van der Waals surface area contributed by atoms with E-state index in [4.69, 9.17) is 17.3 Å². The highest BCUT2D eigenvalue weighted by molar-refractivity contribution is 7.91. The molecule has 0 radical (unpaired) electrons. The molecule has 1 aromatic carbocycles. The van der Waals surface area contributed by atoms with E-state index in [0.29, 0.717) is 17.9 Å². The molecule has 0 spiro atoms. The summed E-state index contributed by atoms with van der Waals surface area (Å²) in [6.45, 7) is 3.54. The van der Waals surface area contributed by atoms with Gasteiger partial charge in [0.05, 0.1) is 5.75 Å². The van der Waals surface area contributed by atoms with Crippen LogP contribution in [0.1, 0.15) is 32.3 Å². The van der Waals surface area contributed by atoms with Gasteiger partial charge in [0.25, 0.3) is 0 Å². The topological polar surface area (TPSA) is 60.2 Å². The Morgan fingerprint density at radius 1 is 1.33 bits per heavy atom. The fraction of sp³-hybridized carbons (Fsp3) is 0.538. The van der Waals surface area contributed by atoms with Crippen molar-refractivity contribution in [3.8, 4) is 0 Å². The van der Waals surface area contributed by atoms with Crippen molar-refractivity contribution in [3.05, 3.63) is 34.9 Å². The first-order valence-electron chi connectivity index (χ1n) is 6.03. The van der Waals surface area contributed by atoms with Gasteiger partial charge in [0, 0.05) is 16.3 Å². The van der Waals surface area contributed by atoms with Gasteiger partial charge in [-0.1, -0.05) is 36.7 Å². The minimum absolute atomic E-state index is 0.181. The molecule has 0 saturated heterocycles. The predicted molar refractivity (Wildman–Crippen MR) is 76.6 cm³/mol. The Morgan fingerprint density at radius 3 is 2.50 bits per heavy atom. The predicted octanol–water partition coefficient (Wildman–Crippen LogP) is 2.73. The van der Waals surface area contributed by atoms with Crippen LogP contribution >= 0.6 is 11.6 Å². The van der Waals surface area contributed by atoms with E-state index in [9.17, 15) is 8.42 Å². The summed E-state index contributed by atoms with van der Waals surface area (Å²) in [6.07, 6.45) is 1.14. The summed E-state index contributed by atoms with van der Waals surface area (Å²) < 4.78 is 22.8. The monoisotopic (exact) mass is 289 g/mol. The van der Waals surface area contributed by atoms with Crippen molar-refractivity contribution >= 4 is 21.4 Å². The first kappa shape index (κ1) is 15.5. The molecule has 0 aromatic heterocycles. The average Bonchev–Trinajstić information content (AvgIpc) is 2.29. The maximum atomic E-state index is 11.4. The number of hydrogen-bond donors (Lipinski definition) is 1. The zero-order valence-electron chi connectivity index (χ0n) is 10.8. The Labute approximate surface area is 114 Å². The molecule has 0 heterocycles. The van der Waals surface area contributed by atoms with E-state index in [0.717, 1.165) is 5.56 Å². The molecule has 102 valence electrons. The van der Waals surface area contributed by atoms with Crippen LogP contribution in [0.5, 0.6) is 0 Å². The summed E-state index contributed by atoms with van der Waals surface area (Å²) in [4.78, 5) is 0. The highest BCUT2D eigenvalue weighted by Gasteiger charge is 2.23. The van der Waals surface area contributed by atoms with Crippen molar-refractivity contribution in [2.75, 3.05) is 11.5 Å². The summed E-state index contributed by atoms with van der Waals surface area (Å²) in [7, 11) is -2.92. The van der Waals surface area contributed by atoms with Crippen LogP contribution in [0.4, 0.5) is 0 Å². The van der Waals surface area contributed by atoms with Gasteiger partial charge < -0.3 is 5.73 Å².